The highest BCUT2D eigenvalue weighted by Gasteiger charge is 2.27. The van der Waals surface area contributed by atoms with Crippen LogP contribution in [-0.4, -0.2) is 0 Å². The van der Waals surface area contributed by atoms with Gasteiger partial charge in [0.2, 0.25) is 0 Å². The Kier molecular flexibility index (Phi) is 6.96. The first-order chi connectivity index (χ1) is 6.64. The first-order valence-corrected chi connectivity index (χ1v) is 6.27. The van der Waals surface area contributed by atoms with Crippen LogP contribution in [0.4, 0.5) is 0 Å². The Morgan fingerprint density at radius 2 is 1.71 bits per heavy atom. The Morgan fingerprint density at radius 1 is 1.14 bits per heavy atom. The minimum absolute atomic E-state index is 0.482. The minimum atomic E-state index is 0.482. The summed E-state index contributed by atoms with van der Waals surface area (Å²) in [5, 5.41) is 0. The second-order valence-corrected chi connectivity index (χ2v) is 4.70. The number of unbranched alkanes of at least 4 members (excludes halogenated alkanes) is 2. The average Bonchev–Trinajstić information content (AvgIpc) is 2.23. The molecule has 0 amide bonds. The lowest BCUT2D eigenvalue weighted by Crippen LogP contribution is -2.24. The van der Waals surface area contributed by atoms with Crippen LogP contribution in [0.1, 0.15) is 66.2 Å². The summed E-state index contributed by atoms with van der Waals surface area (Å²) in [4.78, 5) is 0. The van der Waals surface area contributed by atoms with Crippen LogP contribution in [0.3, 0.4) is 0 Å². The minimum Gasteiger partial charge on any atom is -0.103 e. The molecule has 84 valence electrons. The third kappa shape index (κ3) is 3.86. The van der Waals surface area contributed by atoms with Gasteiger partial charge in [0.05, 0.1) is 0 Å². The van der Waals surface area contributed by atoms with E-state index in [0.717, 1.165) is 0 Å². The molecule has 0 rings (SSSR count). The van der Waals surface area contributed by atoms with Gasteiger partial charge in [-0.3, -0.25) is 0 Å². The van der Waals surface area contributed by atoms with Crippen molar-refractivity contribution in [3.63, 3.8) is 0 Å². The molecule has 0 heterocycles. The lowest BCUT2D eigenvalue weighted by atomic mass is 9.71. The van der Waals surface area contributed by atoms with Gasteiger partial charge in [0.25, 0.3) is 0 Å². The summed E-state index contributed by atoms with van der Waals surface area (Å²) in [7, 11) is 0. The zero-order valence-corrected chi connectivity index (χ0v) is 10.6. The monoisotopic (exact) mass is 196 g/mol. The van der Waals surface area contributed by atoms with Crippen LogP contribution in [0.25, 0.3) is 0 Å². The van der Waals surface area contributed by atoms with Crippen molar-refractivity contribution in [1.82, 2.24) is 0 Å². The van der Waals surface area contributed by atoms with E-state index in [4.69, 9.17) is 0 Å². The molecule has 0 aromatic carbocycles. The summed E-state index contributed by atoms with van der Waals surface area (Å²) in [5.41, 5.74) is 0.482. The molecule has 0 aromatic heterocycles. The molecule has 0 bridgehead atoms. The predicted octanol–water partition coefficient (Wildman–Crippen LogP) is 5.20. The van der Waals surface area contributed by atoms with Gasteiger partial charge in [0.15, 0.2) is 0 Å². The van der Waals surface area contributed by atoms with Crippen molar-refractivity contribution in [1.29, 1.82) is 0 Å². The van der Waals surface area contributed by atoms with E-state index >= 15 is 0 Å². The third-order valence-corrected chi connectivity index (χ3v) is 3.91. The predicted molar refractivity (Wildman–Crippen MR) is 66.5 cm³/mol. The van der Waals surface area contributed by atoms with Crippen molar-refractivity contribution in [2.45, 2.75) is 66.2 Å². The quantitative estimate of drug-likeness (QED) is 0.370. The SMILES string of the molecule is C=CC(CCCCC)C(C)(CC)CC. The fourth-order valence-corrected chi connectivity index (χ4v) is 2.14. The highest BCUT2D eigenvalue weighted by atomic mass is 14.3. The van der Waals surface area contributed by atoms with Gasteiger partial charge in [0, 0.05) is 0 Å². The summed E-state index contributed by atoms with van der Waals surface area (Å²) in [5.74, 6) is 0.712. The molecule has 0 aliphatic carbocycles. The van der Waals surface area contributed by atoms with Gasteiger partial charge in [-0.2, -0.15) is 0 Å². The highest BCUT2D eigenvalue weighted by Crippen LogP contribution is 2.38. The number of hydrogen-bond donors (Lipinski definition) is 0. The Balaban J connectivity index is 4.15. The van der Waals surface area contributed by atoms with Crippen molar-refractivity contribution >= 4 is 0 Å². The lowest BCUT2D eigenvalue weighted by molar-refractivity contribution is 0.194. The molecule has 0 aromatic rings. The molecule has 0 spiro atoms. The molecule has 14 heavy (non-hydrogen) atoms. The maximum atomic E-state index is 4.00. The smallest absolute Gasteiger partial charge is 0.0182 e. The molecule has 1 unspecified atom stereocenters. The molecule has 0 saturated carbocycles. The Labute approximate surface area is 90.8 Å². The largest absolute Gasteiger partial charge is 0.103 e. The summed E-state index contributed by atoms with van der Waals surface area (Å²) >= 11 is 0. The number of allylic oxidation sites excluding steroid dienone is 1. The summed E-state index contributed by atoms with van der Waals surface area (Å²) < 4.78 is 0. The average molecular weight is 196 g/mol. The first-order valence-electron chi connectivity index (χ1n) is 6.27. The van der Waals surface area contributed by atoms with E-state index in [1.807, 2.05) is 0 Å². The fraction of sp³-hybridized carbons (Fsp3) is 0.857. The maximum absolute atomic E-state index is 4.00. The topological polar surface area (TPSA) is 0 Å². The van der Waals surface area contributed by atoms with E-state index in [1.54, 1.807) is 0 Å². The Bertz CT molecular complexity index is 142. The summed E-state index contributed by atoms with van der Waals surface area (Å²) in [6.45, 7) is 13.3. The molecular formula is C14H28. The molecule has 0 saturated heterocycles. The second-order valence-electron chi connectivity index (χ2n) is 4.70. The normalized spacial score (nSPS) is 14.0. The van der Waals surface area contributed by atoms with Crippen LogP contribution in [0.15, 0.2) is 12.7 Å². The van der Waals surface area contributed by atoms with Crippen LogP contribution in [0.2, 0.25) is 0 Å². The molecule has 0 aliphatic heterocycles. The molecule has 0 N–H and O–H groups in total. The van der Waals surface area contributed by atoms with Crippen LogP contribution in [0, 0.1) is 11.3 Å². The van der Waals surface area contributed by atoms with Crippen molar-refractivity contribution in [2.24, 2.45) is 11.3 Å². The molecule has 0 radical (unpaired) electrons. The van der Waals surface area contributed by atoms with E-state index in [0.29, 0.717) is 11.3 Å². The third-order valence-electron chi connectivity index (χ3n) is 3.91. The van der Waals surface area contributed by atoms with E-state index in [9.17, 15) is 0 Å². The van der Waals surface area contributed by atoms with Crippen LogP contribution < -0.4 is 0 Å². The number of hydrogen-bond acceptors (Lipinski definition) is 0. The van der Waals surface area contributed by atoms with Gasteiger partial charge in [-0.25, -0.2) is 0 Å². The van der Waals surface area contributed by atoms with Gasteiger partial charge < -0.3 is 0 Å². The van der Waals surface area contributed by atoms with Crippen molar-refractivity contribution in [3.05, 3.63) is 12.7 Å². The van der Waals surface area contributed by atoms with E-state index in [-0.39, 0.29) is 0 Å². The lowest BCUT2D eigenvalue weighted by Gasteiger charge is -2.34. The van der Waals surface area contributed by atoms with Gasteiger partial charge in [-0.1, -0.05) is 65.9 Å². The zero-order valence-electron chi connectivity index (χ0n) is 10.6. The zero-order chi connectivity index (χ0) is 11.0. The fourth-order valence-electron chi connectivity index (χ4n) is 2.14. The number of rotatable bonds is 8. The Morgan fingerprint density at radius 3 is 2.07 bits per heavy atom. The van der Waals surface area contributed by atoms with Crippen molar-refractivity contribution in [3.8, 4) is 0 Å². The Hall–Kier alpha value is -0.260. The van der Waals surface area contributed by atoms with Crippen LogP contribution in [-0.2, 0) is 0 Å². The van der Waals surface area contributed by atoms with E-state index < -0.39 is 0 Å². The summed E-state index contributed by atoms with van der Waals surface area (Å²) in [6, 6.07) is 0. The highest BCUT2D eigenvalue weighted by molar-refractivity contribution is 4.91. The van der Waals surface area contributed by atoms with Crippen molar-refractivity contribution < 1.29 is 0 Å². The van der Waals surface area contributed by atoms with E-state index in [1.165, 1.54) is 38.5 Å². The van der Waals surface area contributed by atoms with Crippen molar-refractivity contribution in [2.75, 3.05) is 0 Å². The molecule has 0 fully saturated rings. The van der Waals surface area contributed by atoms with Gasteiger partial charge >= 0.3 is 0 Å². The molecular weight excluding hydrogens is 168 g/mol. The molecule has 0 nitrogen and oxygen atoms in total. The first kappa shape index (κ1) is 13.7. The van der Waals surface area contributed by atoms with E-state index in [2.05, 4.69) is 40.3 Å². The van der Waals surface area contributed by atoms with Gasteiger partial charge in [-0.05, 0) is 17.8 Å². The molecule has 1 atom stereocenters. The summed E-state index contributed by atoms with van der Waals surface area (Å²) in [6.07, 6.45) is 10.1. The van der Waals surface area contributed by atoms with Crippen LogP contribution >= 0.6 is 0 Å². The second kappa shape index (κ2) is 7.09. The molecule has 0 heteroatoms. The van der Waals surface area contributed by atoms with Gasteiger partial charge in [-0.15, -0.1) is 6.58 Å². The van der Waals surface area contributed by atoms with Gasteiger partial charge in [0.1, 0.15) is 0 Å². The molecule has 0 aliphatic rings. The standard InChI is InChI=1S/C14H28/c1-6-10-11-12-13(7-2)14(5,8-3)9-4/h7,13H,2,6,8-12H2,1,3-5H3. The van der Waals surface area contributed by atoms with Crippen LogP contribution in [0.5, 0.6) is 0 Å². The maximum Gasteiger partial charge on any atom is -0.0182 e.